The minimum atomic E-state index is -0.482. The predicted octanol–water partition coefficient (Wildman–Crippen LogP) is 4.92. The molecule has 1 fully saturated rings. The summed E-state index contributed by atoms with van der Waals surface area (Å²) in [5.74, 6) is 0.832. The molecule has 1 aliphatic carbocycles. The van der Waals surface area contributed by atoms with Crippen molar-refractivity contribution in [3.8, 4) is 0 Å². The van der Waals surface area contributed by atoms with Crippen LogP contribution in [0.4, 0.5) is 0 Å². The van der Waals surface area contributed by atoms with Crippen molar-refractivity contribution in [2.45, 2.75) is 31.6 Å². The summed E-state index contributed by atoms with van der Waals surface area (Å²) in [5.41, 5.74) is 0. The Morgan fingerprint density at radius 2 is 1.46 bits per heavy atom. The Labute approximate surface area is 99.2 Å². The maximum Gasteiger partial charge on any atom is 0.123 e. The zero-order chi connectivity index (χ0) is 10.2. The largest absolute Gasteiger partial charge is 0.123 e. The Balaban J connectivity index is 2.86. The van der Waals surface area contributed by atoms with Crippen molar-refractivity contribution >= 4 is 46.4 Å². The molecule has 0 spiro atoms. The molecule has 0 aromatic carbocycles. The number of alkyl halides is 1. The number of rotatable bonds is 3. The predicted molar refractivity (Wildman–Crippen MR) is 60.7 cm³/mol. The molecule has 1 saturated carbocycles. The van der Waals surface area contributed by atoms with Gasteiger partial charge in [-0.05, 0) is 11.8 Å². The first kappa shape index (κ1) is 12.0. The van der Waals surface area contributed by atoms with Gasteiger partial charge >= 0.3 is 0 Å². The second-order valence-corrected chi connectivity index (χ2v) is 5.32. The third-order valence-electron chi connectivity index (χ3n) is 2.84. The van der Waals surface area contributed by atoms with E-state index in [2.05, 4.69) is 13.8 Å². The molecule has 0 radical (unpaired) electrons. The molecule has 0 heterocycles. The Bertz CT molecular complexity index is 220. The Kier molecular flexibility index (Phi) is 3.85. The van der Waals surface area contributed by atoms with Crippen LogP contribution < -0.4 is 0 Å². The molecule has 4 heteroatoms. The Hall–Kier alpha value is 0.900. The van der Waals surface area contributed by atoms with Gasteiger partial charge in [-0.2, -0.15) is 0 Å². The van der Waals surface area contributed by atoms with Gasteiger partial charge in [-0.1, -0.05) is 61.5 Å². The Morgan fingerprint density at radius 3 is 1.69 bits per heavy atom. The number of hydrogen-bond donors (Lipinski definition) is 0. The molecule has 0 aliphatic heterocycles. The first-order valence-electron chi connectivity index (χ1n) is 4.40. The average Bonchev–Trinajstić information content (AvgIpc) is 2.70. The zero-order valence-corrected chi connectivity index (χ0v) is 10.6. The van der Waals surface area contributed by atoms with Crippen LogP contribution in [0, 0.1) is 11.8 Å². The molecule has 1 aliphatic rings. The van der Waals surface area contributed by atoms with Gasteiger partial charge in [-0.15, -0.1) is 11.6 Å². The summed E-state index contributed by atoms with van der Waals surface area (Å²) in [6.07, 6.45) is 2.03. The van der Waals surface area contributed by atoms with Crippen LogP contribution in [0.15, 0.2) is 9.52 Å². The molecule has 0 N–H and O–H groups in total. The third-order valence-corrected chi connectivity index (χ3v) is 4.76. The van der Waals surface area contributed by atoms with Gasteiger partial charge in [-0.25, -0.2) is 0 Å². The van der Waals surface area contributed by atoms with E-state index in [1.807, 2.05) is 0 Å². The van der Waals surface area contributed by atoms with E-state index in [1.54, 1.807) is 0 Å². The van der Waals surface area contributed by atoms with Gasteiger partial charge in [-0.3, -0.25) is 0 Å². The topological polar surface area (TPSA) is 0 Å². The second-order valence-electron chi connectivity index (χ2n) is 3.37. The van der Waals surface area contributed by atoms with Crippen LogP contribution in [0.2, 0.25) is 0 Å². The zero-order valence-electron chi connectivity index (χ0n) is 7.58. The monoisotopic (exact) mass is 260 g/mol. The van der Waals surface area contributed by atoms with Crippen molar-refractivity contribution in [2.24, 2.45) is 11.8 Å². The van der Waals surface area contributed by atoms with E-state index < -0.39 is 4.87 Å². The lowest BCUT2D eigenvalue weighted by atomic mass is 10.2. The molecular weight excluding hydrogens is 250 g/mol. The van der Waals surface area contributed by atoms with E-state index in [-0.39, 0.29) is 4.49 Å². The lowest BCUT2D eigenvalue weighted by molar-refractivity contribution is 0.663. The van der Waals surface area contributed by atoms with E-state index in [0.717, 1.165) is 12.8 Å². The first-order valence-corrected chi connectivity index (χ1v) is 5.91. The summed E-state index contributed by atoms with van der Waals surface area (Å²) in [6, 6.07) is 0. The highest BCUT2D eigenvalue weighted by Crippen LogP contribution is 2.65. The fourth-order valence-electron chi connectivity index (χ4n) is 2.13. The van der Waals surface area contributed by atoms with Crippen molar-refractivity contribution in [1.82, 2.24) is 0 Å². The van der Waals surface area contributed by atoms with Gasteiger partial charge in [0.1, 0.15) is 4.49 Å². The average molecular weight is 262 g/mol. The van der Waals surface area contributed by atoms with Crippen LogP contribution in [0.1, 0.15) is 26.7 Å². The first-order chi connectivity index (χ1) is 6.00. The summed E-state index contributed by atoms with van der Waals surface area (Å²) >= 11 is 23.6. The van der Waals surface area contributed by atoms with E-state index in [9.17, 15) is 0 Å². The van der Waals surface area contributed by atoms with Crippen LogP contribution in [0.25, 0.3) is 0 Å². The molecule has 76 valence electrons. The minimum absolute atomic E-state index is 0.103. The third kappa shape index (κ3) is 1.84. The lowest BCUT2D eigenvalue weighted by Gasteiger charge is -2.07. The smallest absolute Gasteiger partial charge is 0.112 e. The number of halogens is 4. The number of hydrogen-bond acceptors (Lipinski definition) is 0. The van der Waals surface area contributed by atoms with Crippen LogP contribution in [0.5, 0.6) is 0 Å². The Morgan fingerprint density at radius 1 is 1.08 bits per heavy atom. The van der Waals surface area contributed by atoms with Gasteiger partial charge in [0.25, 0.3) is 0 Å². The van der Waals surface area contributed by atoms with Gasteiger partial charge in [0.2, 0.25) is 0 Å². The highest BCUT2D eigenvalue weighted by Gasteiger charge is 2.63. The normalized spacial score (nSPS) is 37.4. The standard InChI is InChI=1S/C9H12Cl4/c1-3-5-6(4-2)9(5,13)7(10)8(11)12/h5-6H,3-4H2,1-2H3. The van der Waals surface area contributed by atoms with Gasteiger partial charge in [0.15, 0.2) is 0 Å². The summed E-state index contributed by atoms with van der Waals surface area (Å²) < 4.78 is 0.103. The molecule has 0 bridgehead atoms. The van der Waals surface area contributed by atoms with E-state index >= 15 is 0 Å². The lowest BCUT2D eigenvalue weighted by Crippen LogP contribution is -2.05. The summed E-state index contributed by atoms with van der Waals surface area (Å²) in [7, 11) is 0. The molecule has 0 saturated heterocycles. The maximum absolute atomic E-state index is 6.36. The van der Waals surface area contributed by atoms with Crippen LogP contribution >= 0.6 is 46.4 Å². The molecule has 0 amide bonds. The van der Waals surface area contributed by atoms with E-state index in [0.29, 0.717) is 16.9 Å². The van der Waals surface area contributed by atoms with Crippen LogP contribution in [-0.4, -0.2) is 4.87 Å². The SMILES string of the molecule is CCC1C(CC)C1(Cl)C(Cl)=C(Cl)Cl. The molecular formula is C9H12Cl4. The summed E-state index contributed by atoms with van der Waals surface area (Å²) in [4.78, 5) is -0.482. The van der Waals surface area contributed by atoms with Gasteiger partial charge in [0.05, 0.1) is 9.91 Å². The summed E-state index contributed by atoms with van der Waals surface area (Å²) in [5, 5.41) is 0.413. The van der Waals surface area contributed by atoms with Crippen molar-refractivity contribution in [3.63, 3.8) is 0 Å². The fourth-order valence-corrected chi connectivity index (χ4v) is 3.47. The highest BCUT2D eigenvalue weighted by molar-refractivity contribution is 6.60. The molecule has 0 aromatic rings. The minimum Gasteiger partial charge on any atom is -0.112 e. The van der Waals surface area contributed by atoms with Gasteiger partial charge in [0, 0.05) is 0 Å². The van der Waals surface area contributed by atoms with Crippen molar-refractivity contribution < 1.29 is 0 Å². The van der Waals surface area contributed by atoms with Crippen molar-refractivity contribution in [3.05, 3.63) is 9.52 Å². The highest BCUT2D eigenvalue weighted by atomic mass is 35.5. The molecule has 0 nitrogen and oxygen atoms in total. The molecule has 0 aromatic heterocycles. The fraction of sp³-hybridized carbons (Fsp3) is 0.778. The maximum atomic E-state index is 6.36. The molecule has 2 atom stereocenters. The molecule has 13 heavy (non-hydrogen) atoms. The van der Waals surface area contributed by atoms with Crippen LogP contribution in [0.3, 0.4) is 0 Å². The van der Waals surface area contributed by atoms with Gasteiger partial charge < -0.3 is 0 Å². The van der Waals surface area contributed by atoms with Crippen molar-refractivity contribution in [2.75, 3.05) is 0 Å². The van der Waals surface area contributed by atoms with Crippen molar-refractivity contribution in [1.29, 1.82) is 0 Å². The molecule has 2 unspecified atom stereocenters. The summed E-state index contributed by atoms with van der Waals surface area (Å²) in [6.45, 7) is 4.20. The molecule has 1 rings (SSSR count). The second kappa shape index (κ2) is 4.18. The number of allylic oxidation sites excluding steroid dienone is 1. The quantitative estimate of drug-likeness (QED) is 0.633. The van der Waals surface area contributed by atoms with E-state index in [1.165, 1.54) is 0 Å². The van der Waals surface area contributed by atoms with Crippen LogP contribution in [-0.2, 0) is 0 Å². The van der Waals surface area contributed by atoms with E-state index in [4.69, 9.17) is 46.4 Å².